The number of allylic oxidation sites excluding steroid dienone is 2. The summed E-state index contributed by atoms with van der Waals surface area (Å²) >= 11 is 0. The molecule has 0 heterocycles. The zero-order chi connectivity index (χ0) is 16.0. The Labute approximate surface area is 127 Å². The maximum atomic E-state index is 11.9. The molecule has 4 heteroatoms. The number of anilines is 1. The van der Waals surface area contributed by atoms with Gasteiger partial charge >= 0.3 is 6.03 Å². The molecule has 4 nitrogen and oxygen atoms in total. The molecule has 1 aromatic rings. The van der Waals surface area contributed by atoms with Crippen molar-refractivity contribution in [3.63, 3.8) is 0 Å². The first-order valence-electron chi connectivity index (χ1n) is 7.02. The van der Waals surface area contributed by atoms with Crippen molar-refractivity contribution in [3.8, 4) is 0 Å². The number of carbonyl (C=O) groups excluding carboxylic acids is 1. The summed E-state index contributed by atoms with van der Waals surface area (Å²) < 4.78 is 0. The SMILES string of the molecule is CN=C(/C=C(\C)NC(=O)Nc1ccc(C)cc1)C(C)(C)C. The van der Waals surface area contributed by atoms with Gasteiger partial charge in [0.2, 0.25) is 0 Å². The van der Waals surface area contributed by atoms with Gasteiger partial charge in [-0.2, -0.15) is 0 Å². The quantitative estimate of drug-likeness (QED) is 0.807. The van der Waals surface area contributed by atoms with E-state index in [1.807, 2.05) is 44.2 Å². The van der Waals surface area contributed by atoms with Gasteiger partial charge in [-0.25, -0.2) is 4.79 Å². The van der Waals surface area contributed by atoms with Gasteiger partial charge in [-0.05, 0) is 32.1 Å². The molecule has 0 saturated heterocycles. The van der Waals surface area contributed by atoms with Gasteiger partial charge in [0.05, 0.1) is 0 Å². The number of nitrogens with zero attached hydrogens (tertiary/aromatic N) is 1. The highest BCUT2D eigenvalue weighted by molar-refractivity contribution is 6.00. The molecule has 0 bridgehead atoms. The van der Waals surface area contributed by atoms with Crippen LogP contribution in [0.15, 0.2) is 41.0 Å². The van der Waals surface area contributed by atoms with E-state index >= 15 is 0 Å². The lowest BCUT2D eigenvalue weighted by Crippen LogP contribution is -2.28. The van der Waals surface area contributed by atoms with E-state index in [2.05, 4.69) is 36.4 Å². The van der Waals surface area contributed by atoms with Gasteiger partial charge in [0.25, 0.3) is 0 Å². The highest BCUT2D eigenvalue weighted by Crippen LogP contribution is 2.17. The molecule has 0 unspecified atom stereocenters. The third kappa shape index (κ3) is 5.81. The normalized spacial score (nSPS) is 13.0. The highest BCUT2D eigenvalue weighted by atomic mass is 16.2. The van der Waals surface area contributed by atoms with Crippen LogP contribution >= 0.6 is 0 Å². The van der Waals surface area contributed by atoms with Crippen LogP contribution in [0, 0.1) is 12.3 Å². The van der Waals surface area contributed by atoms with Crippen LogP contribution in [0.3, 0.4) is 0 Å². The van der Waals surface area contributed by atoms with E-state index in [0.29, 0.717) is 0 Å². The molecule has 0 aromatic heterocycles. The predicted molar refractivity (Wildman–Crippen MR) is 89.9 cm³/mol. The number of aliphatic imine (C=N–C) groups is 1. The largest absolute Gasteiger partial charge is 0.323 e. The van der Waals surface area contributed by atoms with E-state index in [9.17, 15) is 4.79 Å². The first-order chi connectivity index (χ1) is 9.72. The smallest absolute Gasteiger partial charge is 0.312 e. The summed E-state index contributed by atoms with van der Waals surface area (Å²) in [4.78, 5) is 16.2. The van der Waals surface area contributed by atoms with Gasteiger partial charge in [-0.15, -0.1) is 0 Å². The molecule has 2 N–H and O–H groups in total. The summed E-state index contributed by atoms with van der Waals surface area (Å²) in [5, 5.41) is 5.61. The number of benzene rings is 1. The zero-order valence-electron chi connectivity index (χ0n) is 13.7. The molecule has 21 heavy (non-hydrogen) atoms. The van der Waals surface area contributed by atoms with Crippen LogP contribution in [-0.2, 0) is 0 Å². The Morgan fingerprint density at radius 1 is 1.19 bits per heavy atom. The van der Waals surface area contributed by atoms with Gasteiger partial charge in [0.1, 0.15) is 0 Å². The van der Waals surface area contributed by atoms with Crippen LogP contribution < -0.4 is 10.6 Å². The van der Waals surface area contributed by atoms with Gasteiger partial charge in [-0.1, -0.05) is 38.5 Å². The molecule has 0 saturated carbocycles. The number of nitrogens with one attached hydrogen (secondary N) is 2. The number of urea groups is 1. The van der Waals surface area contributed by atoms with Crippen LogP contribution in [0.4, 0.5) is 10.5 Å². The maximum absolute atomic E-state index is 11.9. The summed E-state index contributed by atoms with van der Waals surface area (Å²) in [5.74, 6) is 0. The molecule has 1 rings (SSSR count). The Hall–Kier alpha value is -2.10. The predicted octanol–water partition coefficient (Wildman–Crippen LogP) is 4.14. The van der Waals surface area contributed by atoms with Crippen LogP contribution in [0.1, 0.15) is 33.3 Å². The first-order valence-corrected chi connectivity index (χ1v) is 7.02. The Morgan fingerprint density at radius 2 is 1.76 bits per heavy atom. The third-order valence-electron chi connectivity index (χ3n) is 2.98. The minimum atomic E-state index is -0.253. The van der Waals surface area contributed by atoms with E-state index < -0.39 is 0 Å². The minimum absolute atomic E-state index is 0.0505. The monoisotopic (exact) mass is 287 g/mol. The Balaban J connectivity index is 2.68. The molecule has 114 valence electrons. The van der Waals surface area contributed by atoms with Gasteiger partial charge in [-0.3, -0.25) is 4.99 Å². The Bertz CT molecular complexity index is 548. The summed E-state index contributed by atoms with van der Waals surface area (Å²) in [7, 11) is 1.76. The van der Waals surface area contributed by atoms with Crippen LogP contribution in [0.25, 0.3) is 0 Å². The van der Waals surface area contributed by atoms with E-state index in [-0.39, 0.29) is 11.4 Å². The van der Waals surface area contributed by atoms with Crippen LogP contribution in [-0.4, -0.2) is 18.8 Å². The fraction of sp³-hybridized carbons (Fsp3) is 0.412. The summed E-state index contributed by atoms with van der Waals surface area (Å²) in [6, 6.07) is 7.42. The molecule has 1 aromatic carbocycles. The van der Waals surface area contributed by atoms with E-state index in [4.69, 9.17) is 0 Å². The van der Waals surface area contributed by atoms with Crippen molar-refractivity contribution in [2.45, 2.75) is 34.6 Å². The molecule has 0 fully saturated rings. The van der Waals surface area contributed by atoms with E-state index in [1.165, 1.54) is 0 Å². The Kier molecular flexibility index (Phi) is 5.70. The van der Waals surface area contributed by atoms with Crippen molar-refractivity contribution in [1.82, 2.24) is 5.32 Å². The second kappa shape index (κ2) is 7.07. The fourth-order valence-corrected chi connectivity index (χ4v) is 1.84. The molecule has 0 spiro atoms. The van der Waals surface area contributed by atoms with Crippen LogP contribution in [0.5, 0.6) is 0 Å². The molecule has 0 aliphatic heterocycles. The van der Waals surface area contributed by atoms with E-state index in [0.717, 1.165) is 22.7 Å². The van der Waals surface area contributed by atoms with E-state index in [1.54, 1.807) is 7.05 Å². The summed E-state index contributed by atoms with van der Waals surface area (Å²) in [5.41, 5.74) is 3.58. The molecule has 0 radical (unpaired) electrons. The van der Waals surface area contributed by atoms with Crippen molar-refractivity contribution in [1.29, 1.82) is 0 Å². The number of aryl methyl sites for hydroxylation is 1. The van der Waals surface area contributed by atoms with Crippen molar-refractivity contribution in [2.75, 3.05) is 12.4 Å². The first kappa shape index (κ1) is 17.0. The van der Waals surface area contributed by atoms with Crippen molar-refractivity contribution >= 4 is 17.4 Å². The second-order valence-electron chi connectivity index (χ2n) is 6.13. The van der Waals surface area contributed by atoms with Gasteiger partial charge in [0.15, 0.2) is 0 Å². The number of rotatable bonds is 3. The number of hydrogen-bond acceptors (Lipinski definition) is 2. The average Bonchev–Trinajstić information content (AvgIpc) is 2.37. The van der Waals surface area contributed by atoms with Crippen molar-refractivity contribution in [2.24, 2.45) is 10.4 Å². The van der Waals surface area contributed by atoms with Crippen molar-refractivity contribution in [3.05, 3.63) is 41.6 Å². The topological polar surface area (TPSA) is 53.5 Å². The zero-order valence-corrected chi connectivity index (χ0v) is 13.7. The number of hydrogen-bond donors (Lipinski definition) is 2. The highest BCUT2D eigenvalue weighted by Gasteiger charge is 2.16. The lowest BCUT2D eigenvalue weighted by Gasteiger charge is -2.19. The number of carbonyl (C=O) groups is 1. The number of amides is 2. The maximum Gasteiger partial charge on any atom is 0.323 e. The summed E-state index contributed by atoms with van der Waals surface area (Å²) in [6.07, 6.45) is 1.90. The molecular weight excluding hydrogens is 262 g/mol. The molecule has 0 aliphatic carbocycles. The standard InChI is InChI=1S/C17H25N3O/c1-12-7-9-14(10-8-12)20-16(21)19-13(2)11-15(18-6)17(3,4)5/h7-11H,1-6H3,(H2,19,20,21)/b13-11+,18-15?. The van der Waals surface area contributed by atoms with Gasteiger partial charge < -0.3 is 10.6 Å². The lowest BCUT2D eigenvalue weighted by molar-refractivity contribution is 0.254. The van der Waals surface area contributed by atoms with Crippen LogP contribution in [0.2, 0.25) is 0 Å². The fourth-order valence-electron chi connectivity index (χ4n) is 1.84. The lowest BCUT2D eigenvalue weighted by atomic mass is 9.89. The summed E-state index contributed by atoms with van der Waals surface area (Å²) in [6.45, 7) is 10.1. The Morgan fingerprint density at radius 3 is 2.24 bits per heavy atom. The average molecular weight is 287 g/mol. The molecular formula is C17H25N3O. The third-order valence-corrected chi connectivity index (χ3v) is 2.98. The molecule has 2 amide bonds. The minimum Gasteiger partial charge on any atom is -0.312 e. The second-order valence-corrected chi connectivity index (χ2v) is 6.13. The molecule has 0 aliphatic rings. The van der Waals surface area contributed by atoms with Crippen molar-refractivity contribution < 1.29 is 4.79 Å². The molecule has 0 atom stereocenters. The van der Waals surface area contributed by atoms with Gasteiger partial charge in [0, 0.05) is 29.6 Å².